The summed E-state index contributed by atoms with van der Waals surface area (Å²) in [6.45, 7) is 1.82. The van der Waals surface area contributed by atoms with Crippen molar-refractivity contribution < 1.29 is 4.79 Å². The molecule has 100 valence electrons. The van der Waals surface area contributed by atoms with E-state index in [0.717, 1.165) is 5.56 Å². The van der Waals surface area contributed by atoms with Crippen molar-refractivity contribution in [3.63, 3.8) is 0 Å². The monoisotopic (exact) mass is 318 g/mol. The van der Waals surface area contributed by atoms with Crippen molar-refractivity contribution in [2.75, 3.05) is 5.32 Å². The lowest BCUT2D eigenvalue weighted by atomic mass is 10.2. The molecule has 1 aromatic carbocycles. The second-order valence-corrected chi connectivity index (χ2v) is 4.92. The third kappa shape index (κ3) is 3.59. The van der Waals surface area contributed by atoms with Gasteiger partial charge >= 0.3 is 0 Å². The molecule has 0 aliphatic rings. The Labute approximate surface area is 124 Å². The molecule has 2 rings (SSSR count). The number of aromatic nitrogens is 3. The van der Waals surface area contributed by atoms with Gasteiger partial charge in [-0.25, -0.2) is 4.68 Å². The lowest BCUT2D eigenvalue weighted by Gasteiger charge is -2.08. The molecule has 0 radical (unpaired) electrons. The fourth-order valence-electron chi connectivity index (χ4n) is 1.44. The largest absolute Gasteiger partial charge is 0.323 e. The summed E-state index contributed by atoms with van der Waals surface area (Å²) in [5, 5.41) is 6.95. The number of halogens is 3. The van der Waals surface area contributed by atoms with Crippen LogP contribution in [-0.2, 0) is 11.3 Å². The van der Waals surface area contributed by atoms with Gasteiger partial charge in [-0.2, -0.15) is 4.98 Å². The van der Waals surface area contributed by atoms with Crippen molar-refractivity contribution in [3.8, 4) is 0 Å². The van der Waals surface area contributed by atoms with Crippen LogP contribution in [0.4, 0.5) is 5.69 Å². The zero-order chi connectivity index (χ0) is 14.0. The normalized spacial score (nSPS) is 10.5. The number of nitrogens with zero attached hydrogens (tertiary/aromatic N) is 3. The quantitative estimate of drug-likeness (QED) is 0.945. The molecule has 1 aromatic heterocycles. The van der Waals surface area contributed by atoms with Crippen molar-refractivity contribution in [3.05, 3.63) is 39.4 Å². The van der Waals surface area contributed by atoms with Crippen LogP contribution in [0.1, 0.15) is 5.56 Å². The first kappa shape index (κ1) is 14.1. The van der Waals surface area contributed by atoms with E-state index in [1.54, 1.807) is 12.1 Å². The molecule has 1 amide bonds. The molecule has 0 aliphatic heterocycles. The number of carbonyl (C=O) groups excluding carboxylic acids is 1. The molecule has 1 N–H and O–H groups in total. The number of anilines is 1. The second-order valence-electron chi connectivity index (χ2n) is 3.84. The van der Waals surface area contributed by atoms with Gasteiger partial charge in [-0.15, -0.1) is 5.10 Å². The highest BCUT2D eigenvalue weighted by Crippen LogP contribution is 2.22. The summed E-state index contributed by atoms with van der Waals surface area (Å²) < 4.78 is 1.20. The van der Waals surface area contributed by atoms with Crippen LogP contribution in [0.25, 0.3) is 0 Å². The molecule has 5 nitrogen and oxygen atoms in total. The highest BCUT2D eigenvalue weighted by molar-refractivity contribution is 6.33. The number of rotatable bonds is 3. The summed E-state index contributed by atoms with van der Waals surface area (Å²) in [6.07, 6.45) is 0. The van der Waals surface area contributed by atoms with Crippen molar-refractivity contribution in [1.29, 1.82) is 0 Å². The van der Waals surface area contributed by atoms with E-state index in [9.17, 15) is 4.79 Å². The highest BCUT2D eigenvalue weighted by Gasteiger charge is 2.11. The number of carbonyl (C=O) groups is 1. The van der Waals surface area contributed by atoms with E-state index < -0.39 is 0 Å². The van der Waals surface area contributed by atoms with Gasteiger partial charge in [0, 0.05) is 0 Å². The van der Waals surface area contributed by atoms with E-state index in [0.29, 0.717) is 10.7 Å². The maximum absolute atomic E-state index is 11.8. The summed E-state index contributed by atoms with van der Waals surface area (Å²) in [7, 11) is 0. The summed E-state index contributed by atoms with van der Waals surface area (Å²) >= 11 is 17.3. The molecule has 0 bridgehead atoms. The first-order chi connectivity index (χ1) is 8.95. The van der Waals surface area contributed by atoms with Gasteiger partial charge in [-0.05, 0) is 47.8 Å². The third-order valence-electron chi connectivity index (χ3n) is 2.29. The van der Waals surface area contributed by atoms with Crippen molar-refractivity contribution in [1.82, 2.24) is 14.8 Å². The highest BCUT2D eigenvalue weighted by atomic mass is 35.5. The lowest BCUT2D eigenvalue weighted by molar-refractivity contribution is -0.116. The number of hydrogen-bond donors (Lipinski definition) is 1. The van der Waals surface area contributed by atoms with Crippen LogP contribution in [-0.4, -0.2) is 20.7 Å². The predicted octanol–water partition coefficient (Wildman–Crippen LogP) is 3.19. The summed E-state index contributed by atoms with van der Waals surface area (Å²) in [5.41, 5.74) is 1.54. The minimum atomic E-state index is -0.325. The minimum absolute atomic E-state index is 0.00818. The van der Waals surface area contributed by atoms with E-state index in [1.165, 1.54) is 4.68 Å². The molecule has 8 heteroatoms. The SMILES string of the molecule is Cc1ccc(NC(=O)Cn2nc(Cl)nc2Cl)c(Cl)c1. The van der Waals surface area contributed by atoms with E-state index in [2.05, 4.69) is 15.4 Å². The van der Waals surface area contributed by atoms with Gasteiger partial charge in [-0.3, -0.25) is 4.79 Å². The molecule has 1 heterocycles. The van der Waals surface area contributed by atoms with Crippen LogP contribution in [0.15, 0.2) is 18.2 Å². The van der Waals surface area contributed by atoms with E-state index in [1.807, 2.05) is 13.0 Å². The molecule has 0 fully saturated rings. The number of benzene rings is 1. The van der Waals surface area contributed by atoms with Crippen LogP contribution in [0.5, 0.6) is 0 Å². The zero-order valence-corrected chi connectivity index (χ0v) is 12.1. The van der Waals surface area contributed by atoms with Crippen molar-refractivity contribution in [2.24, 2.45) is 0 Å². The van der Waals surface area contributed by atoms with E-state index in [-0.39, 0.29) is 23.0 Å². The van der Waals surface area contributed by atoms with Gasteiger partial charge in [0.25, 0.3) is 0 Å². The Balaban J connectivity index is 2.07. The van der Waals surface area contributed by atoms with Gasteiger partial charge in [0.2, 0.25) is 16.5 Å². The fraction of sp³-hybridized carbons (Fsp3) is 0.182. The maximum Gasteiger partial charge on any atom is 0.246 e. The molecule has 0 aliphatic carbocycles. The Morgan fingerprint density at radius 1 is 1.37 bits per heavy atom. The molecular formula is C11H9Cl3N4O. The average Bonchev–Trinajstić information content (AvgIpc) is 2.61. The van der Waals surface area contributed by atoms with Gasteiger partial charge in [0.05, 0.1) is 10.7 Å². The van der Waals surface area contributed by atoms with Gasteiger partial charge in [-0.1, -0.05) is 17.7 Å². The molecular weight excluding hydrogens is 311 g/mol. The van der Waals surface area contributed by atoms with Crippen LogP contribution in [0, 0.1) is 6.92 Å². The Morgan fingerprint density at radius 2 is 2.11 bits per heavy atom. The maximum atomic E-state index is 11.8. The molecule has 0 spiro atoms. The van der Waals surface area contributed by atoms with Crippen LogP contribution in [0.2, 0.25) is 15.6 Å². The van der Waals surface area contributed by atoms with Gasteiger partial charge < -0.3 is 5.32 Å². The molecule has 0 atom stereocenters. The molecule has 19 heavy (non-hydrogen) atoms. The second kappa shape index (κ2) is 5.77. The number of aryl methyl sites for hydroxylation is 1. The van der Waals surface area contributed by atoms with Gasteiger partial charge in [0.1, 0.15) is 6.54 Å². The minimum Gasteiger partial charge on any atom is -0.323 e. The summed E-state index contributed by atoms with van der Waals surface area (Å²) in [5.74, 6) is -0.325. The Morgan fingerprint density at radius 3 is 2.68 bits per heavy atom. The average molecular weight is 320 g/mol. The first-order valence-electron chi connectivity index (χ1n) is 5.27. The first-order valence-corrected chi connectivity index (χ1v) is 6.41. The zero-order valence-electron chi connectivity index (χ0n) is 9.82. The Hall–Kier alpha value is -1.30. The van der Waals surface area contributed by atoms with Crippen LogP contribution >= 0.6 is 34.8 Å². The Kier molecular flexibility index (Phi) is 4.29. The molecule has 0 unspecified atom stereocenters. The predicted molar refractivity (Wildman–Crippen MR) is 74.9 cm³/mol. The standard InChI is InChI=1S/C11H9Cl3N4O/c1-6-2-3-8(7(12)4-6)15-9(19)5-18-11(14)16-10(13)17-18/h2-4H,5H2,1H3,(H,15,19). The topological polar surface area (TPSA) is 59.8 Å². The smallest absolute Gasteiger partial charge is 0.246 e. The van der Waals surface area contributed by atoms with Crippen LogP contribution < -0.4 is 5.32 Å². The molecule has 0 saturated carbocycles. The van der Waals surface area contributed by atoms with Gasteiger partial charge in [0.15, 0.2) is 0 Å². The van der Waals surface area contributed by atoms with E-state index in [4.69, 9.17) is 34.8 Å². The Bertz CT molecular complexity index is 626. The van der Waals surface area contributed by atoms with E-state index >= 15 is 0 Å². The van der Waals surface area contributed by atoms with Crippen molar-refractivity contribution >= 4 is 46.4 Å². The summed E-state index contributed by atoms with van der Waals surface area (Å²) in [6, 6.07) is 5.34. The molecule has 2 aromatic rings. The number of hydrogen-bond acceptors (Lipinski definition) is 3. The number of amides is 1. The summed E-state index contributed by atoms with van der Waals surface area (Å²) in [4.78, 5) is 15.5. The fourth-order valence-corrected chi connectivity index (χ4v) is 2.12. The lowest BCUT2D eigenvalue weighted by Crippen LogP contribution is -2.19. The number of nitrogens with one attached hydrogen (secondary N) is 1. The molecule has 0 saturated heterocycles. The van der Waals surface area contributed by atoms with Crippen molar-refractivity contribution in [2.45, 2.75) is 13.5 Å². The third-order valence-corrected chi connectivity index (χ3v) is 3.05. The van der Waals surface area contributed by atoms with Crippen LogP contribution in [0.3, 0.4) is 0 Å².